The quantitative estimate of drug-likeness (QED) is 0.912. The molecular weight excluding hydrogens is 330 g/mol. The summed E-state index contributed by atoms with van der Waals surface area (Å²) in [5.41, 5.74) is 0.103. The largest absolute Gasteiger partial charge is 0.505 e. The maximum Gasteiger partial charge on any atom is 0.159 e. The highest BCUT2D eigenvalue weighted by atomic mass is 35.5. The van der Waals surface area contributed by atoms with Gasteiger partial charge in [-0.05, 0) is 17.7 Å². The van der Waals surface area contributed by atoms with Gasteiger partial charge >= 0.3 is 0 Å². The fourth-order valence-corrected chi connectivity index (χ4v) is 2.16. The summed E-state index contributed by atoms with van der Waals surface area (Å²) in [4.78, 5) is 0. The van der Waals surface area contributed by atoms with E-state index >= 15 is 0 Å². The summed E-state index contributed by atoms with van der Waals surface area (Å²) in [6.07, 6.45) is 0. The molecule has 0 unspecified atom stereocenters. The summed E-state index contributed by atoms with van der Waals surface area (Å²) < 4.78 is 18.3. The molecule has 1 N–H and O–H groups in total. The lowest BCUT2D eigenvalue weighted by Crippen LogP contribution is -2.01. The minimum absolute atomic E-state index is 0.0132. The molecule has 0 heterocycles. The summed E-state index contributed by atoms with van der Waals surface area (Å²) in [6.45, 7) is -0.0132. The molecule has 7 heteroatoms. The van der Waals surface area contributed by atoms with Crippen LogP contribution in [0.1, 0.15) is 16.7 Å². The molecule has 0 aliphatic rings. The SMILES string of the molecule is N#Cc1c(O)c(Cl)c(Cl)c(OCc2ccc(F)cc2)c1C#N. The van der Waals surface area contributed by atoms with Crippen molar-refractivity contribution in [2.75, 3.05) is 0 Å². The molecule has 4 nitrogen and oxygen atoms in total. The van der Waals surface area contributed by atoms with Gasteiger partial charge in [-0.2, -0.15) is 10.5 Å². The molecule has 0 saturated heterocycles. The zero-order valence-electron chi connectivity index (χ0n) is 10.9. The smallest absolute Gasteiger partial charge is 0.159 e. The number of nitriles is 2. The second kappa shape index (κ2) is 6.53. The van der Waals surface area contributed by atoms with Crippen molar-refractivity contribution in [1.29, 1.82) is 10.5 Å². The van der Waals surface area contributed by atoms with Crippen LogP contribution in [-0.4, -0.2) is 5.11 Å². The highest BCUT2D eigenvalue weighted by Gasteiger charge is 2.23. The van der Waals surface area contributed by atoms with E-state index in [1.165, 1.54) is 24.3 Å². The van der Waals surface area contributed by atoms with Gasteiger partial charge in [-0.1, -0.05) is 35.3 Å². The Labute approximate surface area is 135 Å². The van der Waals surface area contributed by atoms with Crippen LogP contribution in [0.3, 0.4) is 0 Å². The number of halogens is 3. The average molecular weight is 337 g/mol. The fraction of sp³-hybridized carbons (Fsp3) is 0.0667. The third-order valence-corrected chi connectivity index (χ3v) is 3.66. The van der Waals surface area contributed by atoms with Crippen molar-refractivity contribution < 1.29 is 14.2 Å². The van der Waals surface area contributed by atoms with Gasteiger partial charge in [-0.3, -0.25) is 0 Å². The van der Waals surface area contributed by atoms with Crippen molar-refractivity contribution in [2.24, 2.45) is 0 Å². The molecule has 22 heavy (non-hydrogen) atoms. The van der Waals surface area contributed by atoms with Gasteiger partial charge in [0.1, 0.15) is 45.7 Å². The molecule has 0 fully saturated rings. The third-order valence-electron chi connectivity index (χ3n) is 2.83. The number of hydrogen-bond donors (Lipinski definition) is 1. The monoisotopic (exact) mass is 336 g/mol. The first kappa shape index (κ1) is 15.9. The third kappa shape index (κ3) is 2.92. The van der Waals surface area contributed by atoms with E-state index < -0.39 is 5.75 Å². The lowest BCUT2D eigenvalue weighted by Gasteiger charge is -2.13. The molecule has 2 aromatic carbocycles. The average Bonchev–Trinajstić information content (AvgIpc) is 2.53. The van der Waals surface area contributed by atoms with Crippen LogP contribution in [-0.2, 0) is 6.61 Å². The Morgan fingerprint density at radius 1 is 1.05 bits per heavy atom. The Hall–Kier alpha value is -2.47. The molecule has 0 spiro atoms. The van der Waals surface area contributed by atoms with Gasteiger partial charge in [-0.15, -0.1) is 0 Å². The summed E-state index contributed by atoms with van der Waals surface area (Å²) in [7, 11) is 0. The number of phenolic OH excluding ortho intramolecular Hbond substituents is 1. The predicted molar refractivity (Wildman–Crippen MR) is 78.3 cm³/mol. The number of ether oxygens (including phenoxy) is 1. The predicted octanol–water partition coefficient (Wildman–Crippen LogP) is 4.16. The van der Waals surface area contributed by atoms with Crippen LogP contribution in [0.2, 0.25) is 10.0 Å². The van der Waals surface area contributed by atoms with Gasteiger partial charge in [0.25, 0.3) is 0 Å². The molecule has 2 rings (SSSR count). The number of aromatic hydroxyl groups is 1. The molecule has 0 amide bonds. The number of phenols is 1. The molecule has 0 radical (unpaired) electrons. The van der Waals surface area contributed by atoms with E-state index in [9.17, 15) is 9.50 Å². The number of nitrogens with zero attached hydrogens (tertiary/aromatic N) is 2. The van der Waals surface area contributed by atoms with Gasteiger partial charge in [0.15, 0.2) is 11.5 Å². The second-order valence-corrected chi connectivity index (χ2v) is 4.95. The van der Waals surface area contributed by atoms with E-state index in [1.807, 2.05) is 0 Å². The van der Waals surface area contributed by atoms with Crippen molar-refractivity contribution in [3.63, 3.8) is 0 Å². The van der Waals surface area contributed by atoms with Crippen LogP contribution in [0, 0.1) is 28.5 Å². The molecule has 0 aliphatic heterocycles. The standard InChI is InChI=1S/C15H7Cl2FN2O2/c16-12-13(17)15(11(6-20)10(5-19)14(12)21)22-7-8-1-3-9(18)4-2-8/h1-4,21H,7H2. The summed E-state index contributed by atoms with van der Waals surface area (Å²) >= 11 is 11.8. The van der Waals surface area contributed by atoms with E-state index in [1.54, 1.807) is 12.1 Å². The van der Waals surface area contributed by atoms with Crippen molar-refractivity contribution >= 4 is 23.2 Å². The number of rotatable bonds is 3. The molecule has 2 aromatic rings. The van der Waals surface area contributed by atoms with Crippen LogP contribution in [0.15, 0.2) is 24.3 Å². The topological polar surface area (TPSA) is 77.0 Å². The Morgan fingerprint density at radius 3 is 2.18 bits per heavy atom. The van der Waals surface area contributed by atoms with Gasteiger partial charge in [0, 0.05) is 0 Å². The minimum Gasteiger partial charge on any atom is -0.505 e. The zero-order chi connectivity index (χ0) is 16.3. The van der Waals surface area contributed by atoms with Crippen LogP contribution in [0.4, 0.5) is 4.39 Å². The van der Waals surface area contributed by atoms with Crippen LogP contribution in [0.5, 0.6) is 11.5 Å². The maximum absolute atomic E-state index is 12.8. The van der Waals surface area contributed by atoms with E-state index in [0.717, 1.165) is 0 Å². The van der Waals surface area contributed by atoms with Crippen LogP contribution >= 0.6 is 23.2 Å². The normalized spacial score (nSPS) is 9.86. The summed E-state index contributed by atoms with van der Waals surface area (Å²) in [5.74, 6) is -1.06. The molecule has 0 aliphatic carbocycles. The lowest BCUT2D eigenvalue weighted by atomic mass is 10.1. The van der Waals surface area contributed by atoms with Gasteiger partial charge in [0.05, 0.1) is 0 Å². The highest BCUT2D eigenvalue weighted by molar-refractivity contribution is 6.44. The number of benzene rings is 2. The van der Waals surface area contributed by atoms with Crippen molar-refractivity contribution in [2.45, 2.75) is 6.61 Å². The minimum atomic E-state index is -0.570. The lowest BCUT2D eigenvalue weighted by molar-refractivity contribution is 0.304. The first-order valence-electron chi connectivity index (χ1n) is 5.91. The maximum atomic E-state index is 12.8. The molecule has 0 bridgehead atoms. The molecule has 0 aromatic heterocycles. The fourth-order valence-electron chi connectivity index (χ4n) is 1.74. The summed E-state index contributed by atoms with van der Waals surface area (Å²) in [5, 5.41) is 27.5. The van der Waals surface area contributed by atoms with Crippen molar-refractivity contribution in [1.82, 2.24) is 0 Å². The Kier molecular flexibility index (Phi) is 4.72. The van der Waals surface area contributed by atoms with E-state index in [4.69, 9.17) is 38.5 Å². The number of hydrogen-bond acceptors (Lipinski definition) is 4. The van der Waals surface area contributed by atoms with Gasteiger partial charge in [-0.25, -0.2) is 4.39 Å². The van der Waals surface area contributed by atoms with Crippen molar-refractivity contribution in [3.8, 4) is 23.6 Å². The second-order valence-electron chi connectivity index (χ2n) is 4.19. The Bertz CT molecular complexity index is 809. The molecular formula is C15H7Cl2FN2O2. The van der Waals surface area contributed by atoms with Crippen LogP contribution < -0.4 is 4.74 Å². The Balaban J connectivity index is 2.43. The zero-order valence-corrected chi connectivity index (χ0v) is 12.4. The van der Waals surface area contributed by atoms with Crippen molar-refractivity contribution in [3.05, 3.63) is 56.8 Å². The first-order valence-corrected chi connectivity index (χ1v) is 6.66. The van der Waals surface area contributed by atoms with E-state index in [2.05, 4.69) is 0 Å². The van der Waals surface area contributed by atoms with Gasteiger partial charge < -0.3 is 9.84 Å². The summed E-state index contributed by atoms with van der Waals surface area (Å²) in [6, 6.07) is 8.97. The van der Waals surface area contributed by atoms with Gasteiger partial charge in [0.2, 0.25) is 0 Å². The highest BCUT2D eigenvalue weighted by Crippen LogP contribution is 2.44. The molecule has 110 valence electrons. The van der Waals surface area contributed by atoms with E-state index in [0.29, 0.717) is 5.56 Å². The molecule has 0 saturated carbocycles. The first-order chi connectivity index (χ1) is 10.5. The van der Waals surface area contributed by atoms with Crippen LogP contribution in [0.25, 0.3) is 0 Å². The Morgan fingerprint density at radius 2 is 1.64 bits per heavy atom. The van der Waals surface area contributed by atoms with E-state index in [-0.39, 0.29) is 39.3 Å². The molecule has 0 atom stereocenters.